The molecule has 0 aliphatic carbocycles. The van der Waals surface area contributed by atoms with Crippen LogP contribution in [0.5, 0.6) is 0 Å². The van der Waals surface area contributed by atoms with Crippen molar-refractivity contribution in [3.8, 4) is 0 Å². The fourth-order valence-corrected chi connectivity index (χ4v) is 1.34. The molecule has 0 spiro atoms. The molecule has 14 heavy (non-hydrogen) atoms. The third-order valence-electron chi connectivity index (χ3n) is 2.11. The minimum atomic E-state index is -4.74. The monoisotopic (exact) mass is 207 g/mol. The molecule has 0 aromatic heterocycles. The van der Waals surface area contributed by atoms with E-state index in [2.05, 4.69) is 0 Å². The summed E-state index contributed by atoms with van der Waals surface area (Å²) in [6.45, 7) is 1.48. The average Bonchev–Trinajstić information content (AvgIpc) is 2.14. The predicted octanol–water partition coefficient (Wildman–Crippen LogP) is 2.12. The molecule has 5 heteroatoms. The van der Waals surface area contributed by atoms with Crippen molar-refractivity contribution in [2.45, 2.75) is 25.4 Å². The van der Waals surface area contributed by atoms with Gasteiger partial charge in [-0.05, 0) is 19.3 Å². The first kappa shape index (κ1) is 11.1. The van der Waals surface area contributed by atoms with Gasteiger partial charge in [0.25, 0.3) is 5.78 Å². The normalized spacial score (nSPS) is 18.9. The second-order valence-corrected chi connectivity index (χ2v) is 3.27. The van der Waals surface area contributed by atoms with Crippen molar-refractivity contribution in [3.63, 3.8) is 0 Å². The van der Waals surface area contributed by atoms with Crippen molar-refractivity contribution < 1.29 is 18.0 Å². The number of carbonyl (C=O) groups excluding carboxylic acids is 1. The number of hydrogen-bond acceptors (Lipinski definition) is 2. The fourth-order valence-electron chi connectivity index (χ4n) is 1.34. The molecule has 0 saturated carbocycles. The molecule has 0 atom stereocenters. The zero-order valence-electron chi connectivity index (χ0n) is 7.68. The van der Waals surface area contributed by atoms with Crippen LogP contribution in [0.3, 0.4) is 0 Å². The minimum absolute atomic E-state index is 0.602. The van der Waals surface area contributed by atoms with E-state index in [0.717, 1.165) is 32.4 Å². The molecule has 1 aliphatic rings. The lowest BCUT2D eigenvalue weighted by Crippen LogP contribution is -2.26. The standard InChI is InChI=1S/C9H12F3NO/c10-9(11,12)8(14)4-7-13-5-2-1-3-6-13/h4,7H,1-3,5-6H2/b7-4+. The first-order valence-electron chi connectivity index (χ1n) is 4.53. The Morgan fingerprint density at radius 1 is 1.14 bits per heavy atom. The van der Waals surface area contributed by atoms with Gasteiger partial charge in [-0.3, -0.25) is 4.79 Å². The van der Waals surface area contributed by atoms with Crippen LogP contribution in [-0.2, 0) is 4.79 Å². The smallest absolute Gasteiger partial charge is 0.377 e. The van der Waals surface area contributed by atoms with Crippen molar-refractivity contribution in [1.82, 2.24) is 4.90 Å². The molecular formula is C9H12F3NO. The highest BCUT2D eigenvalue weighted by molar-refractivity contribution is 5.94. The Labute approximate surface area is 80.4 Å². The maximum absolute atomic E-state index is 11.8. The highest BCUT2D eigenvalue weighted by Crippen LogP contribution is 2.17. The number of alkyl halides is 3. The molecule has 2 nitrogen and oxygen atoms in total. The van der Waals surface area contributed by atoms with Crippen molar-refractivity contribution in [2.75, 3.05) is 13.1 Å². The van der Waals surface area contributed by atoms with Gasteiger partial charge >= 0.3 is 6.18 Å². The Balaban J connectivity index is 2.42. The van der Waals surface area contributed by atoms with E-state index in [9.17, 15) is 18.0 Å². The summed E-state index contributed by atoms with van der Waals surface area (Å²) in [5.74, 6) is -1.79. The lowest BCUT2D eigenvalue weighted by Gasteiger charge is -2.24. The quantitative estimate of drug-likeness (QED) is 0.646. The van der Waals surface area contributed by atoms with E-state index in [4.69, 9.17) is 0 Å². The van der Waals surface area contributed by atoms with Crippen LogP contribution < -0.4 is 0 Å². The Hall–Kier alpha value is -1.00. The number of rotatable bonds is 2. The number of carbonyl (C=O) groups is 1. The SMILES string of the molecule is O=C(/C=C/N1CCCCC1)C(F)(F)F. The summed E-state index contributed by atoms with van der Waals surface area (Å²) in [5.41, 5.74) is 0. The zero-order chi connectivity index (χ0) is 10.6. The molecule has 0 aromatic rings. The molecule has 1 rings (SSSR count). The molecule has 0 unspecified atom stereocenters. The van der Waals surface area contributed by atoms with E-state index in [1.165, 1.54) is 6.20 Å². The molecule has 1 saturated heterocycles. The second kappa shape index (κ2) is 4.48. The van der Waals surface area contributed by atoms with E-state index in [-0.39, 0.29) is 0 Å². The lowest BCUT2D eigenvalue weighted by molar-refractivity contribution is -0.165. The molecule has 0 aromatic carbocycles. The Morgan fingerprint density at radius 2 is 1.71 bits per heavy atom. The number of ketones is 1. The minimum Gasteiger partial charge on any atom is -0.377 e. The van der Waals surface area contributed by atoms with Gasteiger partial charge in [0.15, 0.2) is 0 Å². The highest BCUT2D eigenvalue weighted by atomic mass is 19.4. The number of allylic oxidation sites excluding steroid dienone is 1. The predicted molar refractivity (Wildman–Crippen MR) is 45.6 cm³/mol. The van der Waals surface area contributed by atoms with Crippen LogP contribution in [-0.4, -0.2) is 29.9 Å². The molecule has 0 radical (unpaired) electrons. The topological polar surface area (TPSA) is 20.3 Å². The van der Waals surface area contributed by atoms with Crippen LogP contribution >= 0.6 is 0 Å². The van der Waals surface area contributed by atoms with Crippen LogP contribution in [0.15, 0.2) is 12.3 Å². The van der Waals surface area contributed by atoms with Gasteiger partial charge < -0.3 is 4.90 Å². The van der Waals surface area contributed by atoms with Gasteiger partial charge in [-0.15, -0.1) is 0 Å². The van der Waals surface area contributed by atoms with Gasteiger partial charge in [0, 0.05) is 25.4 Å². The molecule has 1 fully saturated rings. The number of hydrogen-bond donors (Lipinski definition) is 0. The zero-order valence-corrected chi connectivity index (χ0v) is 7.68. The van der Waals surface area contributed by atoms with Crippen LogP contribution in [0, 0.1) is 0 Å². The largest absolute Gasteiger partial charge is 0.454 e. The van der Waals surface area contributed by atoms with Gasteiger partial charge in [0.1, 0.15) is 0 Å². The first-order chi connectivity index (χ1) is 6.50. The molecule has 1 heterocycles. The third kappa shape index (κ3) is 3.40. The van der Waals surface area contributed by atoms with Gasteiger partial charge in [-0.1, -0.05) is 0 Å². The number of piperidine rings is 1. The highest BCUT2D eigenvalue weighted by Gasteiger charge is 2.36. The average molecular weight is 207 g/mol. The number of likely N-dealkylation sites (tertiary alicyclic amines) is 1. The molecule has 80 valence electrons. The first-order valence-corrected chi connectivity index (χ1v) is 4.53. The second-order valence-electron chi connectivity index (χ2n) is 3.27. The summed E-state index contributed by atoms with van der Waals surface area (Å²) in [4.78, 5) is 12.2. The van der Waals surface area contributed by atoms with Gasteiger partial charge in [0.05, 0.1) is 0 Å². The Kier molecular flexibility index (Phi) is 3.55. The van der Waals surface area contributed by atoms with E-state index in [1.807, 2.05) is 0 Å². The molecule has 0 amide bonds. The summed E-state index contributed by atoms with van der Waals surface area (Å²) in [6.07, 6.45) is 0.166. The summed E-state index contributed by atoms with van der Waals surface area (Å²) in [7, 11) is 0. The van der Waals surface area contributed by atoms with Crippen molar-refractivity contribution >= 4 is 5.78 Å². The summed E-state index contributed by atoms with van der Waals surface area (Å²) >= 11 is 0. The van der Waals surface area contributed by atoms with Crippen molar-refractivity contribution in [1.29, 1.82) is 0 Å². The van der Waals surface area contributed by atoms with Crippen molar-refractivity contribution in [3.05, 3.63) is 12.3 Å². The maximum atomic E-state index is 11.8. The van der Waals surface area contributed by atoms with Crippen LogP contribution in [0.1, 0.15) is 19.3 Å². The van der Waals surface area contributed by atoms with E-state index < -0.39 is 12.0 Å². The summed E-state index contributed by atoms with van der Waals surface area (Å²) < 4.78 is 35.4. The molecule has 1 aliphatic heterocycles. The molecule has 0 N–H and O–H groups in total. The Bertz CT molecular complexity index is 229. The van der Waals surface area contributed by atoms with E-state index in [0.29, 0.717) is 6.08 Å². The van der Waals surface area contributed by atoms with E-state index in [1.54, 1.807) is 4.90 Å². The van der Waals surface area contributed by atoms with Gasteiger partial charge in [-0.25, -0.2) is 0 Å². The summed E-state index contributed by atoms with van der Waals surface area (Å²) in [6, 6.07) is 0. The van der Waals surface area contributed by atoms with Gasteiger partial charge in [0.2, 0.25) is 0 Å². The molecular weight excluding hydrogens is 195 g/mol. The maximum Gasteiger partial charge on any atom is 0.454 e. The fraction of sp³-hybridized carbons (Fsp3) is 0.667. The molecule has 0 bridgehead atoms. The Morgan fingerprint density at radius 3 is 2.21 bits per heavy atom. The van der Waals surface area contributed by atoms with E-state index >= 15 is 0 Å². The summed E-state index contributed by atoms with van der Waals surface area (Å²) in [5, 5.41) is 0. The van der Waals surface area contributed by atoms with Crippen LogP contribution in [0.25, 0.3) is 0 Å². The van der Waals surface area contributed by atoms with Crippen molar-refractivity contribution in [2.24, 2.45) is 0 Å². The van der Waals surface area contributed by atoms with Crippen LogP contribution in [0.2, 0.25) is 0 Å². The number of nitrogens with zero attached hydrogens (tertiary/aromatic N) is 1. The van der Waals surface area contributed by atoms with Crippen LogP contribution in [0.4, 0.5) is 13.2 Å². The third-order valence-corrected chi connectivity index (χ3v) is 2.11. The number of halogens is 3. The lowest BCUT2D eigenvalue weighted by atomic mass is 10.1. The van der Waals surface area contributed by atoms with Gasteiger partial charge in [-0.2, -0.15) is 13.2 Å².